The Balaban J connectivity index is 2.38. The SMILES string of the molecule is Cc1ccc(N(C)S(=O)(=O)c2ccc(C(=O)O)s2)cc1. The average Bonchev–Trinajstić information content (AvgIpc) is 2.89. The Morgan fingerprint density at radius 1 is 1.15 bits per heavy atom. The van der Waals surface area contributed by atoms with Crippen LogP contribution in [-0.4, -0.2) is 26.5 Å². The zero-order valence-corrected chi connectivity index (χ0v) is 12.5. The topological polar surface area (TPSA) is 74.7 Å². The molecule has 2 aromatic rings. The van der Waals surface area contributed by atoms with Gasteiger partial charge in [-0.25, -0.2) is 13.2 Å². The highest BCUT2D eigenvalue weighted by molar-refractivity contribution is 7.94. The molecule has 1 heterocycles. The Bertz CT molecular complexity index is 732. The third kappa shape index (κ3) is 2.68. The molecule has 0 saturated carbocycles. The number of anilines is 1. The van der Waals surface area contributed by atoms with Crippen molar-refractivity contribution < 1.29 is 18.3 Å². The van der Waals surface area contributed by atoms with Crippen LogP contribution in [0.2, 0.25) is 0 Å². The Kier molecular flexibility index (Phi) is 3.82. The number of benzene rings is 1. The van der Waals surface area contributed by atoms with E-state index in [0.29, 0.717) is 5.69 Å². The summed E-state index contributed by atoms with van der Waals surface area (Å²) in [5, 5.41) is 8.85. The molecule has 1 aromatic heterocycles. The van der Waals surface area contributed by atoms with Gasteiger partial charge in [-0.2, -0.15) is 0 Å². The highest BCUT2D eigenvalue weighted by Crippen LogP contribution is 2.27. The third-order valence-corrected chi connectivity index (χ3v) is 6.13. The van der Waals surface area contributed by atoms with Crippen LogP contribution in [0, 0.1) is 6.92 Å². The molecule has 0 saturated heterocycles. The maximum atomic E-state index is 12.4. The van der Waals surface area contributed by atoms with E-state index in [0.717, 1.165) is 21.2 Å². The molecule has 0 fully saturated rings. The summed E-state index contributed by atoms with van der Waals surface area (Å²) in [6.07, 6.45) is 0. The van der Waals surface area contributed by atoms with Crippen LogP contribution in [0.4, 0.5) is 5.69 Å². The first-order valence-electron chi connectivity index (χ1n) is 5.71. The normalized spacial score (nSPS) is 11.3. The number of carbonyl (C=O) groups is 1. The quantitative estimate of drug-likeness (QED) is 0.941. The molecule has 1 aromatic carbocycles. The van der Waals surface area contributed by atoms with Crippen LogP contribution in [0.15, 0.2) is 40.6 Å². The van der Waals surface area contributed by atoms with Crippen LogP contribution in [0.1, 0.15) is 15.2 Å². The van der Waals surface area contributed by atoms with Gasteiger partial charge in [-0.1, -0.05) is 17.7 Å². The number of hydrogen-bond donors (Lipinski definition) is 1. The second kappa shape index (κ2) is 5.26. The summed E-state index contributed by atoms with van der Waals surface area (Å²) < 4.78 is 25.9. The Labute approximate surface area is 121 Å². The molecular weight excluding hydrogens is 298 g/mol. The van der Waals surface area contributed by atoms with E-state index >= 15 is 0 Å². The number of hydrogen-bond acceptors (Lipinski definition) is 4. The van der Waals surface area contributed by atoms with Gasteiger partial charge in [-0.05, 0) is 31.2 Å². The molecule has 2 rings (SSSR count). The van der Waals surface area contributed by atoms with Crippen LogP contribution < -0.4 is 4.31 Å². The van der Waals surface area contributed by atoms with Crippen molar-refractivity contribution >= 4 is 33.0 Å². The van der Waals surface area contributed by atoms with E-state index in [2.05, 4.69) is 0 Å². The fourth-order valence-corrected chi connectivity index (χ4v) is 4.11. The van der Waals surface area contributed by atoms with E-state index in [1.807, 2.05) is 19.1 Å². The van der Waals surface area contributed by atoms with E-state index in [1.165, 1.54) is 19.2 Å². The van der Waals surface area contributed by atoms with Gasteiger partial charge in [0, 0.05) is 7.05 Å². The lowest BCUT2D eigenvalue weighted by Gasteiger charge is -2.18. The predicted octanol–water partition coefficient (Wildman–Crippen LogP) is 2.58. The predicted molar refractivity (Wildman–Crippen MR) is 78.0 cm³/mol. The van der Waals surface area contributed by atoms with Gasteiger partial charge in [0.15, 0.2) is 0 Å². The monoisotopic (exact) mass is 311 g/mol. The van der Waals surface area contributed by atoms with Gasteiger partial charge in [0.05, 0.1) is 5.69 Å². The molecule has 20 heavy (non-hydrogen) atoms. The fourth-order valence-electron chi connectivity index (χ4n) is 1.60. The zero-order valence-electron chi connectivity index (χ0n) is 10.9. The second-order valence-corrected chi connectivity index (χ2v) is 7.51. The van der Waals surface area contributed by atoms with Gasteiger partial charge >= 0.3 is 5.97 Å². The van der Waals surface area contributed by atoms with Crippen molar-refractivity contribution in [2.24, 2.45) is 0 Å². The summed E-state index contributed by atoms with van der Waals surface area (Å²) in [5.41, 5.74) is 1.56. The summed E-state index contributed by atoms with van der Waals surface area (Å²) >= 11 is 0.745. The fraction of sp³-hybridized carbons (Fsp3) is 0.154. The minimum Gasteiger partial charge on any atom is -0.477 e. The summed E-state index contributed by atoms with van der Waals surface area (Å²) in [6, 6.07) is 9.66. The van der Waals surface area contributed by atoms with Crippen molar-refractivity contribution in [3.63, 3.8) is 0 Å². The van der Waals surface area contributed by atoms with E-state index in [1.54, 1.807) is 12.1 Å². The first-order chi connectivity index (χ1) is 9.32. The molecule has 7 heteroatoms. The molecule has 106 valence electrons. The Morgan fingerprint density at radius 2 is 1.75 bits per heavy atom. The summed E-state index contributed by atoms with van der Waals surface area (Å²) in [4.78, 5) is 10.8. The molecular formula is C13H13NO4S2. The minimum absolute atomic E-state index is 0.000816. The highest BCUT2D eigenvalue weighted by Gasteiger charge is 2.24. The first-order valence-corrected chi connectivity index (χ1v) is 7.97. The van der Waals surface area contributed by atoms with E-state index in [4.69, 9.17) is 5.11 Å². The van der Waals surface area contributed by atoms with Gasteiger partial charge in [0.2, 0.25) is 0 Å². The Hall–Kier alpha value is -1.86. The average molecular weight is 311 g/mol. The number of aryl methyl sites for hydroxylation is 1. The number of sulfonamides is 1. The van der Waals surface area contributed by atoms with Gasteiger partial charge < -0.3 is 5.11 Å². The maximum Gasteiger partial charge on any atom is 0.345 e. The summed E-state index contributed by atoms with van der Waals surface area (Å²) in [5.74, 6) is -1.13. The van der Waals surface area contributed by atoms with E-state index in [9.17, 15) is 13.2 Å². The molecule has 1 N–H and O–H groups in total. The van der Waals surface area contributed by atoms with Crippen molar-refractivity contribution in [3.8, 4) is 0 Å². The van der Waals surface area contributed by atoms with Gasteiger partial charge in [0.25, 0.3) is 10.0 Å². The molecule has 0 aliphatic carbocycles. The van der Waals surface area contributed by atoms with Crippen molar-refractivity contribution in [1.82, 2.24) is 0 Å². The van der Waals surface area contributed by atoms with E-state index < -0.39 is 16.0 Å². The van der Waals surface area contributed by atoms with Crippen molar-refractivity contribution in [1.29, 1.82) is 0 Å². The van der Waals surface area contributed by atoms with Gasteiger partial charge in [0.1, 0.15) is 9.09 Å². The van der Waals surface area contributed by atoms with Crippen molar-refractivity contribution in [2.75, 3.05) is 11.4 Å². The Morgan fingerprint density at radius 3 is 2.25 bits per heavy atom. The molecule has 0 aliphatic heterocycles. The zero-order chi connectivity index (χ0) is 14.9. The number of nitrogens with zero attached hydrogens (tertiary/aromatic N) is 1. The van der Waals surface area contributed by atoms with Crippen molar-refractivity contribution in [2.45, 2.75) is 11.1 Å². The molecule has 0 atom stereocenters. The van der Waals surface area contributed by atoms with Crippen LogP contribution in [0.3, 0.4) is 0 Å². The first kappa shape index (κ1) is 14.5. The number of thiophene rings is 1. The molecule has 0 unspecified atom stereocenters. The smallest absolute Gasteiger partial charge is 0.345 e. The van der Waals surface area contributed by atoms with E-state index in [-0.39, 0.29) is 9.09 Å². The lowest BCUT2D eigenvalue weighted by molar-refractivity contribution is 0.0702. The van der Waals surface area contributed by atoms with Crippen LogP contribution in [-0.2, 0) is 10.0 Å². The van der Waals surface area contributed by atoms with Crippen LogP contribution in [0.5, 0.6) is 0 Å². The number of carboxylic acids is 1. The van der Waals surface area contributed by atoms with Crippen LogP contribution in [0.25, 0.3) is 0 Å². The molecule has 5 nitrogen and oxygen atoms in total. The standard InChI is InChI=1S/C13H13NO4S2/c1-9-3-5-10(6-4-9)14(2)20(17,18)12-8-7-11(19-12)13(15)16/h3-8H,1-2H3,(H,15,16). The molecule has 0 radical (unpaired) electrons. The molecule has 0 bridgehead atoms. The number of rotatable bonds is 4. The third-order valence-electron chi connectivity index (χ3n) is 2.80. The molecule has 0 aliphatic rings. The van der Waals surface area contributed by atoms with Gasteiger partial charge in [-0.3, -0.25) is 4.31 Å². The minimum atomic E-state index is -3.73. The lowest BCUT2D eigenvalue weighted by atomic mass is 10.2. The molecule has 0 amide bonds. The van der Waals surface area contributed by atoms with Crippen molar-refractivity contribution in [3.05, 3.63) is 46.8 Å². The second-order valence-electron chi connectivity index (χ2n) is 4.23. The molecule has 0 spiro atoms. The van der Waals surface area contributed by atoms with Crippen LogP contribution >= 0.6 is 11.3 Å². The number of aromatic carboxylic acids is 1. The lowest BCUT2D eigenvalue weighted by Crippen LogP contribution is -2.25. The van der Waals surface area contributed by atoms with Gasteiger partial charge in [-0.15, -0.1) is 11.3 Å². The largest absolute Gasteiger partial charge is 0.477 e. The summed E-state index contributed by atoms with van der Waals surface area (Å²) in [7, 11) is -2.28. The number of carboxylic acid groups (broad SMARTS) is 1. The summed E-state index contributed by atoms with van der Waals surface area (Å²) in [6.45, 7) is 1.91. The highest BCUT2D eigenvalue weighted by atomic mass is 32.2. The maximum absolute atomic E-state index is 12.4.